The normalized spacial score (nSPS) is 17.4. The summed E-state index contributed by atoms with van der Waals surface area (Å²) in [6.07, 6.45) is 2.05. The van der Waals surface area contributed by atoms with Gasteiger partial charge in [0, 0.05) is 12.5 Å². The van der Waals surface area contributed by atoms with Crippen molar-refractivity contribution in [3.63, 3.8) is 0 Å². The van der Waals surface area contributed by atoms with Crippen molar-refractivity contribution in [2.75, 3.05) is 26.2 Å². The third kappa shape index (κ3) is 4.29. The molecule has 86 valence electrons. The van der Waals surface area contributed by atoms with E-state index in [1.807, 2.05) is 6.07 Å². The van der Waals surface area contributed by atoms with Gasteiger partial charge in [-0.1, -0.05) is 0 Å². The van der Waals surface area contributed by atoms with Crippen molar-refractivity contribution in [3.8, 4) is 12.1 Å². The van der Waals surface area contributed by atoms with E-state index in [1.165, 1.54) is 0 Å². The minimum absolute atomic E-state index is 0.0364. The number of carbonyl (C=O) groups is 1. The van der Waals surface area contributed by atoms with Crippen LogP contribution in [-0.4, -0.2) is 37.0 Å². The Morgan fingerprint density at radius 1 is 1.38 bits per heavy atom. The summed E-state index contributed by atoms with van der Waals surface area (Å²) >= 11 is 0. The van der Waals surface area contributed by atoms with Crippen molar-refractivity contribution in [1.29, 1.82) is 10.5 Å². The predicted octanol–water partition coefficient (Wildman–Crippen LogP) is 0.252. The molecule has 1 amide bonds. The first-order chi connectivity index (χ1) is 7.76. The Bertz CT molecular complexity index is 307. The van der Waals surface area contributed by atoms with Gasteiger partial charge in [0.05, 0.1) is 25.1 Å². The quantitative estimate of drug-likeness (QED) is 0.689. The lowest BCUT2D eigenvalue weighted by molar-refractivity contribution is -0.122. The predicted molar refractivity (Wildman–Crippen MR) is 58.0 cm³/mol. The molecular formula is C11H16N4O. The van der Waals surface area contributed by atoms with Crippen LogP contribution in [0.15, 0.2) is 0 Å². The molecule has 1 fully saturated rings. The second kappa shape index (κ2) is 6.81. The molecule has 5 heteroatoms. The van der Waals surface area contributed by atoms with Crippen molar-refractivity contribution in [2.45, 2.75) is 19.3 Å². The SMILES string of the molecule is N#CCCNC(=O)CN1CCC(C#N)CC1. The van der Waals surface area contributed by atoms with Gasteiger partial charge in [-0.2, -0.15) is 10.5 Å². The minimum Gasteiger partial charge on any atom is -0.354 e. The molecule has 0 bridgehead atoms. The van der Waals surface area contributed by atoms with E-state index in [0.717, 1.165) is 25.9 Å². The number of hydrogen-bond donors (Lipinski definition) is 1. The lowest BCUT2D eigenvalue weighted by Gasteiger charge is -2.28. The Kier molecular flexibility index (Phi) is 5.31. The lowest BCUT2D eigenvalue weighted by Crippen LogP contribution is -2.41. The Labute approximate surface area is 95.6 Å². The molecule has 0 aromatic carbocycles. The third-order valence-corrected chi connectivity index (χ3v) is 2.70. The maximum absolute atomic E-state index is 11.4. The van der Waals surface area contributed by atoms with Crippen LogP contribution in [0.4, 0.5) is 0 Å². The topological polar surface area (TPSA) is 79.9 Å². The summed E-state index contributed by atoms with van der Waals surface area (Å²) in [5, 5.41) is 19.7. The van der Waals surface area contributed by atoms with Gasteiger partial charge < -0.3 is 5.32 Å². The van der Waals surface area contributed by atoms with Crippen LogP contribution >= 0.6 is 0 Å². The van der Waals surface area contributed by atoms with Gasteiger partial charge in [0.25, 0.3) is 0 Å². The summed E-state index contributed by atoms with van der Waals surface area (Å²) in [5.74, 6) is 0.114. The fourth-order valence-electron chi connectivity index (χ4n) is 1.74. The Morgan fingerprint density at radius 3 is 2.62 bits per heavy atom. The fraction of sp³-hybridized carbons (Fsp3) is 0.727. The molecule has 5 nitrogen and oxygen atoms in total. The van der Waals surface area contributed by atoms with Crippen LogP contribution in [-0.2, 0) is 4.79 Å². The van der Waals surface area contributed by atoms with E-state index in [2.05, 4.69) is 16.3 Å². The third-order valence-electron chi connectivity index (χ3n) is 2.70. The van der Waals surface area contributed by atoms with Crippen molar-refractivity contribution >= 4 is 5.91 Å². The molecule has 0 unspecified atom stereocenters. The van der Waals surface area contributed by atoms with Crippen LogP contribution in [0, 0.1) is 28.6 Å². The molecule has 0 atom stereocenters. The molecule has 0 aromatic rings. The largest absolute Gasteiger partial charge is 0.354 e. The molecule has 1 N–H and O–H groups in total. The number of hydrogen-bond acceptors (Lipinski definition) is 4. The average Bonchev–Trinajstić information content (AvgIpc) is 2.30. The lowest BCUT2D eigenvalue weighted by atomic mass is 9.99. The smallest absolute Gasteiger partial charge is 0.234 e. The number of carbonyl (C=O) groups excluding carboxylic acids is 1. The summed E-state index contributed by atoms with van der Waals surface area (Å²) in [4.78, 5) is 13.5. The monoisotopic (exact) mass is 220 g/mol. The highest BCUT2D eigenvalue weighted by Gasteiger charge is 2.19. The van der Waals surface area contributed by atoms with Crippen LogP contribution in [0.2, 0.25) is 0 Å². The first-order valence-corrected chi connectivity index (χ1v) is 5.52. The second-order valence-electron chi connectivity index (χ2n) is 3.94. The maximum Gasteiger partial charge on any atom is 0.234 e. The summed E-state index contributed by atoms with van der Waals surface area (Å²) in [6, 6.07) is 4.23. The Morgan fingerprint density at radius 2 is 2.06 bits per heavy atom. The van der Waals surface area contributed by atoms with E-state index in [4.69, 9.17) is 10.5 Å². The molecule has 0 aromatic heterocycles. The number of rotatable bonds is 4. The van der Waals surface area contributed by atoms with Gasteiger partial charge in [-0.05, 0) is 25.9 Å². The average molecular weight is 220 g/mol. The summed E-state index contributed by atoms with van der Waals surface area (Å²) in [6.45, 7) is 2.42. The van der Waals surface area contributed by atoms with Crippen LogP contribution in [0.5, 0.6) is 0 Å². The molecule has 1 aliphatic heterocycles. The fourth-order valence-corrected chi connectivity index (χ4v) is 1.74. The van der Waals surface area contributed by atoms with Gasteiger partial charge in [0.2, 0.25) is 5.91 Å². The van der Waals surface area contributed by atoms with E-state index < -0.39 is 0 Å². The zero-order valence-corrected chi connectivity index (χ0v) is 9.28. The highest BCUT2D eigenvalue weighted by atomic mass is 16.2. The molecule has 0 aliphatic carbocycles. The molecular weight excluding hydrogens is 204 g/mol. The van der Waals surface area contributed by atoms with E-state index in [9.17, 15) is 4.79 Å². The number of nitriles is 2. The number of amides is 1. The van der Waals surface area contributed by atoms with Crippen LogP contribution in [0.3, 0.4) is 0 Å². The van der Waals surface area contributed by atoms with E-state index in [-0.39, 0.29) is 11.8 Å². The first-order valence-electron chi connectivity index (χ1n) is 5.52. The molecule has 0 spiro atoms. The molecule has 1 rings (SSSR count). The van der Waals surface area contributed by atoms with Crippen LogP contribution in [0.25, 0.3) is 0 Å². The summed E-state index contributed by atoms with van der Waals surface area (Å²) in [5.41, 5.74) is 0. The molecule has 16 heavy (non-hydrogen) atoms. The van der Waals surface area contributed by atoms with Gasteiger partial charge >= 0.3 is 0 Å². The minimum atomic E-state index is -0.0364. The Balaban J connectivity index is 2.16. The van der Waals surface area contributed by atoms with Crippen molar-refractivity contribution in [1.82, 2.24) is 10.2 Å². The van der Waals surface area contributed by atoms with Gasteiger partial charge in [0.1, 0.15) is 0 Å². The Hall–Kier alpha value is -1.59. The van der Waals surface area contributed by atoms with Gasteiger partial charge in [0.15, 0.2) is 0 Å². The first kappa shape index (κ1) is 12.5. The van der Waals surface area contributed by atoms with Crippen LogP contribution < -0.4 is 5.32 Å². The summed E-state index contributed by atoms with van der Waals surface area (Å²) < 4.78 is 0. The molecule has 1 heterocycles. The van der Waals surface area contributed by atoms with Gasteiger partial charge in [-0.25, -0.2) is 0 Å². The number of nitrogens with one attached hydrogen (secondary N) is 1. The number of nitrogens with zero attached hydrogens (tertiary/aromatic N) is 3. The standard InChI is InChI=1S/C11H16N4O/c12-4-1-5-14-11(16)9-15-6-2-10(8-13)3-7-15/h10H,1-3,5-7,9H2,(H,14,16). The van der Waals surface area contributed by atoms with Gasteiger partial charge in [-0.15, -0.1) is 0 Å². The van der Waals surface area contributed by atoms with Crippen LogP contribution in [0.1, 0.15) is 19.3 Å². The van der Waals surface area contributed by atoms with E-state index >= 15 is 0 Å². The molecule has 1 saturated heterocycles. The highest BCUT2D eigenvalue weighted by molar-refractivity contribution is 5.78. The van der Waals surface area contributed by atoms with E-state index in [1.54, 1.807) is 0 Å². The maximum atomic E-state index is 11.4. The van der Waals surface area contributed by atoms with Crippen molar-refractivity contribution in [2.24, 2.45) is 5.92 Å². The molecule has 0 radical (unpaired) electrons. The zero-order valence-electron chi connectivity index (χ0n) is 9.28. The second-order valence-corrected chi connectivity index (χ2v) is 3.94. The van der Waals surface area contributed by atoms with Crippen molar-refractivity contribution in [3.05, 3.63) is 0 Å². The van der Waals surface area contributed by atoms with E-state index in [0.29, 0.717) is 19.5 Å². The zero-order chi connectivity index (χ0) is 11.8. The van der Waals surface area contributed by atoms with Crippen molar-refractivity contribution < 1.29 is 4.79 Å². The summed E-state index contributed by atoms with van der Waals surface area (Å²) in [7, 11) is 0. The molecule has 1 aliphatic rings. The highest BCUT2D eigenvalue weighted by Crippen LogP contribution is 2.15. The van der Waals surface area contributed by atoms with Gasteiger partial charge in [-0.3, -0.25) is 9.69 Å². The number of piperidine rings is 1. The number of likely N-dealkylation sites (tertiary alicyclic amines) is 1. The molecule has 0 saturated carbocycles.